The van der Waals surface area contributed by atoms with Crippen LogP contribution in [0.25, 0.3) is 0 Å². The summed E-state index contributed by atoms with van der Waals surface area (Å²) in [6.45, 7) is 5.86. The zero-order valence-corrected chi connectivity index (χ0v) is 22.0. The van der Waals surface area contributed by atoms with E-state index in [1.807, 2.05) is 35.2 Å². The van der Waals surface area contributed by atoms with Crippen molar-refractivity contribution in [1.82, 2.24) is 9.80 Å². The van der Waals surface area contributed by atoms with Crippen LogP contribution >= 0.6 is 11.3 Å². The zero-order valence-electron chi connectivity index (χ0n) is 21.2. The molecule has 0 N–H and O–H groups in total. The number of fused-ring (bicyclic) bond motifs is 2. The summed E-state index contributed by atoms with van der Waals surface area (Å²) in [4.78, 5) is 32.2. The molecule has 0 fully saturated rings. The third-order valence-corrected chi connectivity index (χ3v) is 7.77. The van der Waals surface area contributed by atoms with E-state index in [0.717, 1.165) is 24.2 Å². The van der Waals surface area contributed by atoms with E-state index in [-0.39, 0.29) is 31.2 Å². The number of nitrogens with zero attached hydrogens (tertiary/aromatic N) is 2. The van der Waals surface area contributed by atoms with E-state index in [2.05, 4.69) is 25.3 Å². The van der Waals surface area contributed by atoms with Crippen LogP contribution in [0.4, 0.5) is 0 Å². The van der Waals surface area contributed by atoms with Crippen LogP contribution in [-0.4, -0.2) is 54.6 Å². The van der Waals surface area contributed by atoms with Crippen molar-refractivity contribution in [2.24, 2.45) is 5.92 Å². The lowest BCUT2D eigenvalue weighted by Crippen LogP contribution is -2.48. The molecular formula is C29H32N2O5S. The van der Waals surface area contributed by atoms with Gasteiger partial charge in [0.2, 0.25) is 12.7 Å². The summed E-state index contributed by atoms with van der Waals surface area (Å²) >= 11 is 1.72. The highest BCUT2D eigenvalue weighted by Gasteiger charge is 2.34. The second kappa shape index (κ2) is 11.3. The van der Waals surface area contributed by atoms with E-state index in [1.54, 1.807) is 34.4 Å². The van der Waals surface area contributed by atoms with Gasteiger partial charge in [-0.2, -0.15) is 0 Å². The highest BCUT2D eigenvalue weighted by Crippen LogP contribution is 2.35. The quantitative estimate of drug-likeness (QED) is 0.389. The van der Waals surface area contributed by atoms with Crippen LogP contribution in [0, 0.1) is 5.92 Å². The first-order valence-electron chi connectivity index (χ1n) is 12.7. The number of carbonyl (C=O) groups excluding carboxylic acids is 2. The van der Waals surface area contributed by atoms with Crippen LogP contribution in [0.1, 0.15) is 47.1 Å². The molecule has 2 amide bonds. The van der Waals surface area contributed by atoms with Crippen molar-refractivity contribution >= 4 is 23.2 Å². The number of hydrogen-bond acceptors (Lipinski definition) is 6. The summed E-state index contributed by atoms with van der Waals surface area (Å²) in [7, 11) is 0. The number of carbonyl (C=O) groups is 2. The lowest BCUT2D eigenvalue weighted by molar-refractivity contribution is -0.135. The van der Waals surface area contributed by atoms with Crippen molar-refractivity contribution in [3.63, 3.8) is 0 Å². The highest BCUT2D eigenvalue weighted by atomic mass is 32.1. The Morgan fingerprint density at radius 1 is 1.11 bits per heavy atom. The van der Waals surface area contributed by atoms with Crippen LogP contribution in [0.3, 0.4) is 0 Å². The maximum absolute atomic E-state index is 13.8. The predicted octanol–water partition coefficient (Wildman–Crippen LogP) is 5.17. The Bertz CT molecular complexity index is 1240. The Kier molecular flexibility index (Phi) is 7.65. The molecule has 5 rings (SSSR count). The van der Waals surface area contributed by atoms with Crippen molar-refractivity contribution in [2.45, 2.75) is 32.7 Å². The Hall–Kier alpha value is -3.52. The predicted molar refractivity (Wildman–Crippen MR) is 142 cm³/mol. The maximum atomic E-state index is 13.8. The monoisotopic (exact) mass is 520 g/mol. The van der Waals surface area contributed by atoms with Gasteiger partial charge in [-0.1, -0.05) is 32.0 Å². The van der Waals surface area contributed by atoms with E-state index >= 15 is 0 Å². The van der Waals surface area contributed by atoms with Crippen molar-refractivity contribution in [3.8, 4) is 17.2 Å². The second-order valence-corrected chi connectivity index (χ2v) is 10.8. The zero-order chi connectivity index (χ0) is 25.8. The summed E-state index contributed by atoms with van der Waals surface area (Å²) in [6, 6.07) is 16.7. The van der Waals surface area contributed by atoms with E-state index in [0.29, 0.717) is 42.7 Å². The van der Waals surface area contributed by atoms with Gasteiger partial charge in [-0.05, 0) is 66.1 Å². The van der Waals surface area contributed by atoms with Crippen LogP contribution in [0.5, 0.6) is 17.2 Å². The number of hydrogen-bond donors (Lipinski definition) is 0. The van der Waals surface area contributed by atoms with Crippen LogP contribution in [0.15, 0.2) is 60.0 Å². The highest BCUT2D eigenvalue weighted by molar-refractivity contribution is 7.10. The molecule has 0 unspecified atom stereocenters. The van der Waals surface area contributed by atoms with Gasteiger partial charge in [0.25, 0.3) is 5.91 Å². The van der Waals surface area contributed by atoms with Crippen LogP contribution in [0.2, 0.25) is 0 Å². The number of ether oxygens (including phenoxy) is 3. The van der Waals surface area contributed by atoms with E-state index in [1.165, 1.54) is 4.88 Å². The normalized spacial score (nSPS) is 16.0. The molecule has 3 heterocycles. The van der Waals surface area contributed by atoms with Crippen molar-refractivity contribution in [1.29, 1.82) is 0 Å². The molecule has 0 saturated heterocycles. The lowest BCUT2D eigenvalue weighted by Gasteiger charge is -2.37. The van der Waals surface area contributed by atoms with Crippen LogP contribution < -0.4 is 14.2 Å². The smallest absolute Gasteiger partial charge is 0.254 e. The maximum Gasteiger partial charge on any atom is 0.254 e. The average Bonchev–Trinajstić information content (AvgIpc) is 3.58. The second-order valence-electron chi connectivity index (χ2n) is 9.75. The molecule has 3 aromatic rings. The Balaban J connectivity index is 1.34. The molecule has 2 aliphatic heterocycles. The molecule has 8 heteroatoms. The summed E-state index contributed by atoms with van der Waals surface area (Å²) < 4.78 is 17.0. The van der Waals surface area contributed by atoms with E-state index < -0.39 is 0 Å². The topological polar surface area (TPSA) is 68.3 Å². The van der Waals surface area contributed by atoms with Gasteiger partial charge in [0.15, 0.2) is 11.5 Å². The minimum atomic E-state index is -0.199. The standard InChI is InChI=1S/C29H32N2O5S/c1-20(2)10-13-30(29(33)21-8-9-25-26(16-21)36-19-35-25)17-28(32)31-14-11-27-23(12-15-37-27)24(31)18-34-22-6-4-3-5-7-22/h3-9,12,15-16,20,24H,10-11,13-14,17-19H2,1-2H3/t24-/m0/s1. The molecule has 7 nitrogen and oxygen atoms in total. The minimum absolute atomic E-state index is 0.0152. The molecule has 2 aromatic carbocycles. The van der Waals surface area contributed by atoms with Gasteiger partial charge in [0.1, 0.15) is 18.9 Å². The first-order valence-corrected chi connectivity index (χ1v) is 13.6. The van der Waals surface area contributed by atoms with Gasteiger partial charge in [0, 0.05) is 23.5 Å². The number of para-hydroxylation sites is 1. The van der Waals surface area contributed by atoms with Gasteiger partial charge < -0.3 is 24.0 Å². The van der Waals surface area contributed by atoms with Gasteiger partial charge in [-0.25, -0.2) is 0 Å². The Morgan fingerprint density at radius 2 is 1.92 bits per heavy atom. The summed E-state index contributed by atoms with van der Waals surface area (Å²) in [6.07, 6.45) is 1.61. The fourth-order valence-electron chi connectivity index (χ4n) is 4.70. The third kappa shape index (κ3) is 5.74. The first-order chi connectivity index (χ1) is 18.0. The molecular weight excluding hydrogens is 488 g/mol. The molecule has 0 radical (unpaired) electrons. The number of rotatable bonds is 9. The van der Waals surface area contributed by atoms with Crippen molar-refractivity contribution < 1.29 is 23.8 Å². The first kappa shape index (κ1) is 25.1. The number of benzene rings is 2. The van der Waals surface area contributed by atoms with Gasteiger partial charge in [-0.15, -0.1) is 11.3 Å². The lowest BCUT2D eigenvalue weighted by atomic mass is 10.00. The molecule has 0 aliphatic carbocycles. The van der Waals surface area contributed by atoms with Gasteiger partial charge in [0.05, 0.1) is 6.04 Å². The van der Waals surface area contributed by atoms with Gasteiger partial charge >= 0.3 is 0 Å². The fraction of sp³-hybridized carbons (Fsp3) is 0.379. The van der Waals surface area contributed by atoms with E-state index in [9.17, 15) is 9.59 Å². The molecule has 0 bridgehead atoms. The largest absolute Gasteiger partial charge is 0.491 e. The summed E-state index contributed by atoms with van der Waals surface area (Å²) in [5.74, 6) is 2.10. The molecule has 194 valence electrons. The third-order valence-electron chi connectivity index (χ3n) is 6.78. The SMILES string of the molecule is CC(C)CCN(CC(=O)N1CCc2sccc2[C@@H]1COc1ccccc1)C(=O)c1ccc2c(c1)OCO2. The van der Waals surface area contributed by atoms with Crippen molar-refractivity contribution in [2.75, 3.05) is 33.0 Å². The van der Waals surface area contributed by atoms with Crippen molar-refractivity contribution in [3.05, 3.63) is 76.0 Å². The minimum Gasteiger partial charge on any atom is -0.491 e. The Labute approximate surface area is 221 Å². The summed E-state index contributed by atoms with van der Waals surface area (Å²) in [5.41, 5.74) is 1.62. The fourth-order valence-corrected chi connectivity index (χ4v) is 5.63. The molecule has 2 aliphatic rings. The molecule has 1 atom stereocenters. The number of amides is 2. The molecule has 37 heavy (non-hydrogen) atoms. The van der Waals surface area contributed by atoms with Gasteiger partial charge in [-0.3, -0.25) is 9.59 Å². The number of thiophene rings is 1. The van der Waals surface area contributed by atoms with E-state index in [4.69, 9.17) is 14.2 Å². The Morgan fingerprint density at radius 3 is 2.73 bits per heavy atom. The summed E-state index contributed by atoms with van der Waals surface area (Å²) in [5, 5.41) is 2.08. The molecule has 1 aromatic heterocycles. The van der Waals surface area contributed by atoms with Crippen LogP contribution in [-0.2, 0) is 11.2 Å². The molecule has 0 saturated carbocycles. The molecule has 0 spiro atoms. The average molecular weight is 521 g/mol.